The van der Waals surface area contributed by atoms with Crippen LogP contribution in [0, 0.1) is 13.8 Å². The SMILES string of the molecule is Cc1ccc(-c2noc(CN3CCN(C(=O)COc4ccccc4C)CC3)n2)cc1. The van der Waals surface area contributed by atoms with Crippen LogP contribution in [0.25, 0.3) is 11.4 Å². The lowest BCUT2D eigenvalue weighted by Gasteiger charge is -2.33. The van der Waals surface area contributed by atoms with E-state index in [1.807, 2.05) is 67.3 Å². The summed E-state index contributed by atoms with van der Waals surface area (Å²) in [6.07, 6.45) is 0. The Kier molecular flexibility index (Phi) is 6.09. The minimum atomic E-state index is 0.0114. The quantitative estimate of drug-likeness (QED) is 0.627. The summed E-state index contributed by atoms with van der Waals surface area (Å²) in [7, 11) is 0. The van der Waals surface area contributed by atoms with Crippen molar-refractivity contribution in [1.29, 1.82) is 0 Å². The highest BCUT2D eigenvalue weighted by Gasteiger charge is 2.23. The molecule has 0 bridgehead atoms. The maximum absolute atomic E-state index is 12.5. The van der Waals surface area contributed by atoms with Gasteiger partial charge in [-0.05, 0) is 25.5 Å². The molecule has 2 aromatic carbocycles. The molecule has 1 saturated heterocycles. The molecule has 156 valence electrons. The first-order chi connectivity index (χ1) is 14.6. The molecule has 1 amide bonds. The Morgan fingerprint density at radius 1 is 1.03 bits per heavy atom. The summed E-state index contributed by atoms with van der Waals surface area (Å²) in [6, 6.07) is 15.8. The number of hydrogen-bond acceptors (Lipinski definition) is 6. The number of nitrogens with zero attached hydrogens (tertiary/aromatic N) is 4. The third-order valence-corrected chi connectivity index (χ3v) is 5.31. The van der Waals surface area contributed by atoms with Crippen LogP contribution in [0.15, 0.2) is 53.1 Å². The highest BCUT2D eigenvalue weighted by Crippen LogP contribution is 2.18. The van der Waals surface area contributed by atoms with Gasteiger partial charge in [0.05, 0.1) is 6.54 Å². The van der Waals surface area contributed by atoms with Crippen LogP contribution in [0.2, 0.25) is 0 Å². The number of para-hydroxylation sites is 1. The number of amides is 1. The van der Waals surface area contributed by atoms with E-state index < -0.39 is 0 Å². The average Bonchev–Trinajstić information content (AvgIpc) is 3.22. The Hall–Kier alpha value is -3.19. The van der Waals surface area contributed by atoms with E-state index in [-0.39, 0.29) is 12.5 Å². The highest BCUT2D eigenvalue weighted by atomic mass is 16.5. The van der Waals surface area contributed by atoms with Gasteiger partial charge < -0.3 is 14.2 Å². The Morgan fingerprint density at radius 2 is 1.77 bits per heavy atom. The van der Waals surface area contributed by atoms with E-state index in [0.29, 0.717) is 31.3 Å². The van der Waals surface area contributed by atoms with Crippen LogP contribution in [0.4, 0.5) is 0 Å². The summed E-state index contributed by atoms with van der Waals surface area (Å²) in [5.41, 5.74) is 3.17. The van der Waals surface area contributed by atoms with Crippen LogP contribution in [-0.2, 0) is 11.3 Å². The summed E-state index contributed by atoms with van der Waals surface area (Å²) >= 11 is 0. The monoisotopic (exact) mass is 406 g/mol. The summed E-state index contributed by atoms with van der Waals surface area (Å²) in [6.45, 7) is 7.51. The van der Waals surface area contributed by atoms with Crippen molar-refractivity contribution in [1.82, 2.24) is 19.9 Å². The van der Waals surface area contributed by atoms with Crippen molar-refractivity contribution in [2.45, 2.75) is 20.4 Å². The largest absolute Gasteiger partial charge is 0.484 e. The number of hydrogen-bond donors (Lipinski definition) is 0. The topological polar surface area (TPSA) is 71.7 Å². The van der Waals surface area contributed by atoms with Gasteiger partial charge in [0.25, 0.3) is 5.91 Å². The number of carbonyl (C=O) groups excluding carboxylic acids is 1. The lowest BCUT2D eigenvalue weighted by molar-refractivity contribution is -0.135. The molecular weight excluding hydrogens is 380 g/mol. The van der Waals surface area contributed by atoms with Crippen molar-refractivity contribution in [2.75, 3.05) is 32.8 Å². The first-order valence-corrected chi connectivity index (χ1v) is 10.2. The summed E-state index contributed by atoms with van der Waals surface area (Å²) < 4.78 is 11.1. The van der Waals surface area contributed by atoms with E-state index in [4.69, 9.17) is 9.26 Å². The maximum Gasteiger partial charge on any atom is 0.260 e. The van der Waals surface area contributed by atoms with Gasteiger partial charge in [-0.15, -0.1) is 0 Å². The third-order valence-electron chi connectivity index (χ3n) is 5.31. The molecular formula is C23H26N4O3. The van der Waals surface area contributed by atoms with Crippen molar-refractivity contribution in [3.63, 3.8) is 0 Å². The molecule has 30 heavy (non-hydrogen) atoms. The standard InChI is InChI=1S/C23H26N4O3/c1-17-7-9-19(10-8-17)23-24-21(30-25-23)15-26-11-13-27(14-12-26)22(28)16-29-20-6-4-3-5-18(20)2/h3-10H,11-16H2,1-2H3. The first kappa shape index (κ1) is 20.1. The number of rotatable bonds is 6. The van der Waals surface area contributed by atoms with Crippen molar-refractivity contribution >= 4 is 5.91 Å². The molecule has 0 unspecified atom stereocenters. The lowest BCUT2D eigenvalue weighted by atomic mass is 10.1. The fourth-order valence-corrected chi connectivity index (χ4v) is 3.43. The zero-order chi connectivity index (χ0) is 20.9. The van der Waals surface area contributed by atoms with Crippen LogP contribution >= 0.6 is 0 Å². The summed E-state index contributed by atoms with van der Waals surface area (Å²) in [5, 5.41) is 4.09. The molecule has 1 aliphatic rings. The van der Waals surface area contributed by atoms with Crippen molar-refractivity contribution in [3.05, 3.63) is 65.5 Å². The van der Waals surface area contributed by atoms with E-state index in [1.54, 1.807) is 0 Å². The Labute approximate surface area is 176 Å². The van der Waals surface area contributed by atoms with Gasteiger partial charge in [-0.2, -0.15) is 4.98 Å². The molecule has 2 heterocycles. The second-order valence-corrected chi connectivity index (χ2v) is 7.59. The highest BCUT2D eigenvalue weighted by molar-refractivity contribution is 5.78. The number of piperazine rings is 1. The zero-order valence-electron chi connectivity index (χ0n) is 17.4. The number of aromatic nitrogens is 2. The van der Waals surface area contributed by atoms with Crippen LogP contribution < -0.4 is 4.74 Å². The van der Waals surface area contributed by atoms with Crippen LogP contribution in [0.3, 0.4) is 0 Å². The van der Waals surface area contributed by atoms with E-state index in [1.165, 1.54) is 5.56 Å². The normalized spacial score (nSPS) is 14.7. The minimum Gasteiger partial charge on any atom is -0.484 e. The molecule has 1 aromatic heterocycles. The van der Waals surface area contributed by atoms with Crippen LogP contribution in [0.1, 0.15) is 17.0 Å². The van der Waals surface area contributed by atoms with Gasteiger partial charge in [0, 0.05) is 31.7 Å². The van der Waals surface area contributed by atoms with E-state index in [2.05, 4.69) is 15.0 Å². The molecule has 1 aliphatic heterocycles. The maximum atomic E-state index is 12.5. The Balaban J connectivity index is 1.25. The molecule has 7 heteroatoms. The van der Waals surface area contributed by atoms with Crippen molar-refractivity contribution in [3.8, 4) is 17.1 Å². The molecule has 3 aromatic rings. The van der Waals surface area contributed by atoms with Crippen LogP contribution in [0.5, 0.6) is 5.75 Å². The first-order valence-electron chi connectivity index (χ1n) is 10.2. The molecule has 0 N–H and O–H groups in total. The molecule has 0 atom stereocenters. The van der Waals surface area contributed by atoms with Gasteiger partial charge in [-0.1, -0.05) is 53.2 Å². The summed E-state index contributed by atoms with van der Waals surface area (Å²) in [5.74, 6) is 1.96. The molecule has 0 saturated carbocycles. The number of ether oxygens (including phenoxy) is 1. The van der Waals surface area contributed by atoms with E-state index >= 15 is 0 Å². The van der Waals surface area contributed by atoms with Gasteiger partial charge in [0.2, 0.25) is 11.7 Å². The van der Waals surface area contributed by atoms with Gasteiger partial charge in [-0.25, -0.2) is 0 Å². The number of aryl methyl sites for hydroxylation is 2. The van der Waals surface area contributed by atoms with E-state index in [9.17, 15) is 4.79 Å². The van der Waals surface area contributed by atoms with Gasteiger partial charge >= 0.3 is 0 Å². The molecule has 4 rings (SSSR count). The third kappa shape index (κ3) is 4.86. The Bertz CT molecular complexity index is 992. The minimum absolute atomic E-state index is 0.0114. The van der Waals surface area contributed by atoms with Crippen LogP contribution in [-0.4, -0.2) is 58.6 Å². The molecule has 7 nitrogen and oxygen atoms in total. The molecule has 1 fully saturated rings. The molecule has 0 spiro atoms. The van der Waals surface area contributed by atoms with Crippen molar-refractivity contribution < 1.29 is 14.1 Å². The Morgan fingerprint density at radius 3 is 2.50 bits per heavy atom. The van der Waals surface area contributed by atoms with Gasteiger partial charge in [-0.3, -0.25) is 9.69 Å². The van der Waals surface area contributed by atoms with Crippen molar-refractivity contribution in [2.24, 2.45) is 0 Å². The second kappa shape index (κ2) is 9.09. The fourth-order valence-electron chi connectivity index (χ4n) is 3.43. The zero-order valence-corrected chi connectivity index (χ0v) is 17.4. The number of carbonyl (C=O) groups is 1. The number of benzene rings is 2. The smallest absolute Gasteiger partial charge is 0.260 e. The second-order valence-electron chi connectivity index (χ2n) is 7.59. The average molecular weight is 406 g/mol. The molecule has 0 aliphatic carbocycles. The molecule has 0 radical (unpaired) electrons. The van der Waals surface area contributed by atoms with E-state index in [0.717, 1.165) is 30.0 Å². The lowest BCUT2D eigenvalue weighted by Crippen LogP contribution is -2.49. The predicted molar refractivity (Wildman–Crippen MR) is 113 cm³/mol. The van der Waals surface area contributed by atoms with Gasteiger partial charge in [0.15, 0.2) is 6.61 Å². The summed E-state index contributed by atoms with van der Waals surface area (Å²) in [4.78, 5) is 21.1. The van der Waals surface area contributed by atoms with Gasteiger partial charge in [0.1, 0.15) is 5.75 Å². The predicted octanol–water partition coefficient (Wildman–Crippen LogP) is 3.08. The fraction of sp³-hybridized carbons (Fsp3) is 0.348.